The predicted molar refractivity (Wildman–Crippen MR) is 72.6 cm³/mol. The van der Waals surface area contributed by atoms with Gasteiger partial charge in [0.25, 0.3) is 0 Å². The molecule has 0 N–H and O–H groups in total. The van der Waals surface area contributed by atoms with E-state index >= 15 is 0 Å². The Kier molecular flexibility index (Phi) is 3.27. The van der Waals surface area contributed by atoms with Gasteiger partial charge in [0.2, 0.25) is 0 Å². The Morgan fingerprint density at radius 2 is 1.95 bits per heavy atom. The van der Waals surface area contributed by atoms with Gasteiger partial charge in [-0.15, -0.1) is 0 Å². The third-order valence-corrected chi connectivity index (χ3v) is 3.20. The smallest absolute Gasteiger partial charge is 0.137 e. The first-order chi connectivity index (χ1) is 9.31. The second-order valence-electron chi connectivity index (χ2n) is 4.67. The van der Waals surface area contributed by atoms with Gasteiger partial charge in [0.1, 0.15) is 11.9 Å². The highest BCUT2D eigenvalue weighted by Gasteiger charge is 2.22. The molecule has 2 aromatic rings. The molecule has 96 valence electrons. The standard InChI is InChI=1S/C16H14FNO/c17-14-8-4-7-13(10-14)16-11-15(19-18-16)9-12-5-2-1-3-6-12/h1-8,10,15H,9,11H2/t15-/m0/s1. The van der Waals surface area contributed by atoms with E-state index in [1.165, 1.54) is 17.7 Å². The maximum atomic E-state index is 13.2. The largest absolute Gasteiger partial charge is 0.391 e. The van der Waals surface area contributed by atoms with Gasteiger partial charge >= 0.3 is 0 Å². The van der Waals surface area contributed by atoms with Crippen LogP contribution in [0.2, 0.25) is 0 Å². The average molecular weight is 255 g/mol. The van der Waals surface area contributed by atoms with Crippen LogP contribution in [0.1, 0.15) is 17.5 Å². The monoisotopic (exact) mass is 255 g/mol. The van der Waals surface area contributed by atoms with Gasteiger partial charge in [-0.25, -0.2) is 4.39 Å². The number of rotatable bonds is 3. The fourth-order valence-corrected chi connectivity index (χ4v) is 2.25. The minimum atomic E-state index is -0.244. The molecule has 0 saturated carbocycles. The average Bonchev–Trinajstić information content (AvgIpc) is 2.88. The highest BCUT2D eigenvalue weighted by Crippen LogP contribution is 2.20. The Balaban J connectivity index is 1.67. The molecule has 1 aliphatic heterocycles. The summed E-state index contributed by atoms with van der Waals surface area (Å²) in [5.74, 6) is -0.244. The Labute approximate surface area is 111 Å². The van der Waals surface area contributed by atoms with Crippen molar-refractivity contribution >= 4 is 5.71 Å². The van der Waals surface area contributed by atoms with E-state index in [1.54, 1.807) is 6.07 Å². The third kappa shape index (κ3) is 2.81. The molecule has 0 aromatic heterocycles. The van der Waals surface area contributed by atoms with Crippen LogP contribution < -0.4 is 0 Å². The lowest BCUT2D eigenvalue weighted by molar-refractivity contribution is 0.0859. The number of benzene rings is 2. The molecule has 0 fully saturated rings. The summed E-state index contributed by atoms with van der Waals surface area (Å²) in [7, 11) is 0. The molecule has 1 atom stereocenters. The van der Waals surface area contributed by atoms with Crippen molar-refractivity contribution in [3.05, 3.63) is 71.5 Å². The zero-order valence-corrected chi connectivity index (χ0v) is 10.4. The minimum absolute atomic E-state index is 0.0423. The first kappa shape index (κ1) is 11.9. The zero-order valence-electron chi connectivity index (χ0n) is 10.4. The van der Waals surface area contributed by atoms with Gasteiger partial charge in [-0.05, 0) is 17.7 Å². The Morgan fingerprint density at radius 3 is 2.74 bits per heavy atom. The summed E-state index contributed by atoms with van der Waals surface area (Å²) in [6, 6.07) is 16.6. The molecule has 1 heterocycles. The fourth-order valence-electron chi connectivity index (χ4n) is 2.25. The van der Waals surface area contributed by atoms with E-state index in [0.29, 0.717) is 0 Å². The lowest BCUT2D eigenvalue weighted by atomic mass is 10.0. The van der Waals surface area contributed by atoms with Crippen molar-refractivity contribution in [2.75, 3.05) is 0 Å². The van der Waals surface area contributed by atoms with Crippen molar-refractivity contribution in [2.45, 2.75) is 18.9 Å². The van der Waals surface area contributed by atoms with E-state index in [-0.39, 0.29) is 11.9 Å². The van der Waals surface area contributed by atoms with E-state index in [2.05, 4.69) is 17.3 Å². The van der Waals surface area contributed by atoms with Crippen molar-refractivity contribution in [3.8, 4) is 0 Å². The molecule has 0 spiro atoms. The van der Waals surface area contributed by atoms with E-state index in [1.807, 2.05) is 24.3 Å². The van der Waals surface area contributed by atoms with Crippen LogP contribution in [-0.2, 0) is 11.3 Å². The second kappa shape index (κ2) is 5.22. The molecule has 0 bridgehead atoms. The molecule has 0 saturated heterocycles. The van der Waals surface area contributed by atoms with Gasteiger partial charge in [0.15, 0.2) is 0 Å². The molecule has 2 nitrogen and oxygen atoms in total. The van der Waals surface area contributed by atoms with Gasteiger partial charge in [0.05, 0.1) is 5.71 Å². The highest BCUT2D eigenvalue weighted by atomic mass is 19.1. The summed E-state index contributed by atoms with van der Waals surface area (Å²) in [6.07, 6.45) is 1.59. The van der Waals surface area contributed by atoms with E-state index in [0.717, 1.165) is 24.1 Å². The maximum Gasteiger partial charge on any atom is 0.137 e. The summed E-state index contributed by atoms with van der Waals surface area (Å²) in [4.78, 5) is 5.43. The lowest BCUT2D eigenvalue weighted by Gasteiger charge is -2.07. The molecular weight excluding hydrogens is 241 g/mol. The number of oxime groups is 1. The molecule has 1 aliphatic rings. The van der Waals surface area contributed by atoms with Crippen LogP contribution in [-0.4, -0.2) is 11.8 Å². The zero-order chi connectivity index (χ0) is 13.1. The van der Waals surface area contributed by atoms with E-state index in [9.17, 15) is 4.39 Å². The summed E-state index contributed by atoms with van der Waals surface area (Å²) in [5.41, 5.74) is 2.85. The van der Waals surface area contributed by atoms with Crippen molar-refractivity contribution in [1.82, 2.24) is 0 Å². The molecule has 0 amide bonds. The van der Waals surface area contributed by atoms with Gasteiger partial charge in [0, 0.05) is 18.4 Å². The third-order valence-electron chi connectivity index (χ3n) is 3.20. The predicted octanol–water partition coefficient (Wildman–Crippen LogP) is 3.56. The topological polar surface area (TPSA) is 21.6 Å². The van der Waals surface area contributed by atoms with Crippen LogP contribution in [0.25, 0.3) is 0 Å². The van der Waals surface area contributed by atoms with Crippen LogP contribution in [0.15, 0.2) is 59.8 Å². The van der Waals surface area contributed by atoms with E-state index in [4.69, 9.17) is 4.84 Å². The second-order valence-corrected chi connectivity index (χ2v) is 4.67. The van der Waals surface area contributed by atoms with Crippen LogP contribution in [0, 0.1) is 5.82 Å². The summed E-state index contributed by atoms with van der Waals surface area (Å²) in [5, 5.41) is 4.07. The number of hydrogen-bond acceptors (Lipinski definition) is 2. The molecule has 0 radical (unpaired) electrons. The van der Waals surface area contributed by atoms with Gasteiger partial charge < -0.3 is 4.84 Å². The van der Waals surface area contributed by atoms with Crippen molar-refractivity contribution in [2.24, 2.45) is 5.16 Å². The quantitative estimate of drug-likeness (QED) is 0.821. The number of hydrogen-bond donors (Lipinski definition) is 0. The Morgan fingerprint density at radius 1 is 1.11 bits per heavy atom. The molecule has 3 heteroatoms. The Bertz CT molecular complexity index is 595. The Hall–Kier alpha value is -2.16. The normalized spacial score (nSPS) is 17.9. The van der Waals surface area contributed by atoms with Gasteiger partial charge in [-0.3, -0.25) is 0 Å². The number of halogens is 1. The van der Waals surface area contributed by atoms with Gasteiger partial charge in [-0.2, -0.15) is 0 Å². The molecule has 0 aliphatic carbocycles. The molecule has 3 rings (SSSR count). The van der Waals surface area contributed by atoms with Crippen LogP contribution >= 0.6 is 0 Å². The van der Waals surface area contributed by atoms with Crippen LogP contribution in [0.4, 0.5) is 4.39 Å². The summed E-state index contributed by atoms with van der Waals surface area (Å²) in [6.45, 7) is 0. The molecule has 19 heavy (non-hydrogen) atoms. The minimum Gasteiger partial charge on any atom is -0.391 e. The molecule has 2 aromatic carbocycles. The molecular formula is C16H14FNO. The van der Waals surface area contributed by atoms with Crippen LogP contribution in [0.3, 0.4) is 0 Å². The van der Waals surface area contributed by atoms with Crippen molar-refractivity contribution in [3.63, 3.8) is 0 Å². The maximum absolute atomic E-state index is 13.2. The fraction of sp³-hybridized carbons (Fsp3) is 0.188. The highest BCUT2D eigenvalue weighted by molar-refractivity contribution is 6.01. The van der Waals surface area contributed by atoms with E-state index < -0.39 is 0 Å². The number of nitrogens with zero attached hydrogens (tertiary/aromatic N) is 1. The van der Waals surface area contributed by atoms with Gasteiger partial charge in [-0.1, -0.05) is 47.6 Å². The summed E-state index contributed by atoms with van der Waals surface area (Å²) >= 11 is 0. The first-order valence-electron chi connectivity index (χ1n) is 6.34. The summed E-state index contributed by atoms with van der Waals surface area (Å²) < 4.78 is 13.2. The first-order valence-corrected chi connectivity index (χ1v) is 6.34. The van der Waals surface area contributed by atoms with Crippen molar-refractivity contribution in [1.29, 1.82) is 0 Å². The van der Waals surface area contributed by atoms with Crippen LogP contribution in [0.5, 0.6) is 0 Å². The lowest BCUT2D eigenvalue weighted by Crippen LogP contribution is -2.11. The van der Waals surface area contributed by atoms with Crippen molar-refractivity contribution < 1.29 is 9.23 Å². The molecule has 0 unspecified atom stereocenters. The SMILES string of the molecule is Fc1cccc(C2=NO[C@@H](Cc3ccccc3)C2)c1.